The lowest BCUT2D eigenvalue weighted by Crippen LogP contribution is -2.05. The van der Waals surface area contributed by atoms with Gasteiger partial charge in [0.25, 0.3) is 0 Å². The first kappa shape index (κ1) is 13.4. The summed E-state index contributed by atoms with van der Waals surface area (Å²) in [6.07, 6.45) is 4.88. The summed E-state index contributed by atoms with van der Waals surface area (Å²) in [6, 6.07) is 6.44. The van der Waals surface area contributed by atoms with Crippen LogP contribution in [0.5, 0.6) is 5.75 Å². The van der Waals surface area contributed by atoms with Gasteiger partial charge in [0.1, 0.15) is 5.75 Å². The predicted octanol–water partition coefficient (Wildman–Crippen LogP) is 4.14. The molecule has 0 saturated heterocycles. The molecule has 0 radical (unpaired) electrons. The molecule has 0 aromatic heterocycles. The molecule has 0 bridgehead atoms. The maximum absolute atomic E-state index is 5.85. The van der Waals surface area contributed by atoms with Crippen LogP contribution in [0.3, 0.4) is 0 Å². The SMILES string of the molecule is CCc1ccc(OCC2CC2)cc1C(CC)OC. The Morgan fingerprint density at radius 3 is 2.61 bits per heavy atom. The van der Waals surface area contributed by atoms with Crippen molar-refractivity contribution in [3.05, 3.63) is 29.3 Å². The molecule has 1 aromatic carbocycles. The number of aryl methyl sites for hydroxylation is 1. The molecule has 1 fully saturated rings. The maximum atomic E-state index is 5.85. The van der Waals surface area contributed by atoms with Gasteiger partial charge in [-0.25, -0.2) is 0 Å². The highest BCUT2D eigenvalue weighted by Gasteiger charge is 2.22. The minimum atomic E-state index is 0.185. The number of hydrogen-bond donors (Lipinski definition) is 0. The first-order chi connectivity index (χ1) is 8.78. The summed E-state index contributed by atoms with van der Waals surface area (Å²) >= 11 is 0. The van der Waals surface area contributed by atoms with Crippen molar-refractivity contribution in [2.24, 2.45) is 5.92 Å². The zero-order valence-corrected chi connectivity index (χ0v) is 11.7. The molecule has 1 unspecified atom stereocenters. The fourth-order valence-electron chi connectivity index (χ4n) is 2.30. The highest BCUT2D eigenvalue weighted by molar-refractivity contribution is 5.37. The van der Waals surface area contributed by atoms with Gasteiger partial charge in [0.2, 0.25) is 0 Å². The van der Waals surface area contributed by atoms with E-state index in [1.807, 2.05) is 0 Å². The molecule has 1 aliphatic carbocycles. The van der Waals surface area contributed by atoms with Gasteiger partial charge in [0, 0.05) is 7.11 Å². The standard InChI is InChI=1S/C16H24O2/c1-4-13-8-9-14(18-11-12-6-7-12)10-15(13)16(5-2)17-3/h8-10,12,16H,4-7,11H2,1-3H3. The summed E-state index contributed by atoms with van der Waals surface area (Å²) in [5.74, 6) is 1.79. The number of hydrogen-bond acceptors (Lipinski definition) is 2. The Morgan fingerprint density at radius 1 is 1.28 bits per heavy atom. The van der Waals surface area contributed by atoms with E-state index < -0.39 is 0 Å². The van der Waals surface area contributed by atoms with Gasteiger partial charge in [-0.15, -0.1) is 0 Å². The van der Waals surface area contributed by atoms with Gasteiger partial charge in [0.05, 0.1) is 12.7 Å². The average molecular weight is 248 g/mol. The van der Waals surface area contributed by atoms with Crippen LogP contribution >= 0.6 is 0 Å². The van der Waals surface area contributed by atoms with E-state index in [1.54, 1.807) is 7.11 Å². The zero-order chi connectivity index (χ0) is 13.0. The first-order valence-corrected chi connectivity index (χ1v) is 7.06. The topological polar surface area (TPSA) is 18.5 Å². The Morgan fingerprint density at radius 2 is 2.06 bits per heavy atom. The molecule has 0 N–H and O–H groups in total. The summed E-state index contributed by atoms with van der Waals surface area (Å²) in [6.45, 7) is 5.21. The van der Waals surface area contributed by atoms with Gasteiger partial charge in [-0.05, 0) is 54.9 Å². The van der Waals surface area contributed by atoms with Crippen molar-refractivity contribution in [3.8, 4) is 5.75 Å². The maximum Gasteiger partial charge on any atom is 0.119 e. The highest BCUT2D eigenvalue weighted by atomic mass is 16.5. The summed E-state index contributed by atoms with van der Waals surface area (Å²) in [7, 11) is 1.78. The Kier molecular flexibility index (Phi) is 4.65. The van der Waals surface area contributed by atoms with Crippen LogP contribution in [0.25, 0.3) is 0 Å². The highest BCUT2D eigenvalue weighted by Crippen LogP contribution is 2.32. The Bertz CT molecular complexity index is 379. The molecule has 18 heavy (non-hydrogen) atoms. The van der Waals surface area contributed by atoms with Gasteiger partial charge < -0.3 is 9.47 Å². The lowest BCUT2D eigenvalue weighted by Gasteiger charge is -2.18. The van der Waals surface area contributed by atoms with Crippen LogP contribution in [-0.2, 0) is 11.2 Å². The molecule has 0 spiro atoms. The van der Waals surface area contributed by atoms with Crippen molar-refractivity contribution >= 4 is 0 Å². The molecular weight excluding hydrogens is 224 g/mol. The molecule has 0 heterocycles. The molecule has 0 aliphatic heterocycles. The summed E-state index contributed by atoms with van der Waals surface area (Å²) in [5, 5.41) is 0. The molecular formula is C16H24O2. The Hall–Kier alpha value is -1.02. The van der Waals surface area contributed by atoms with Crippen LogP contribution in [0.15, 0.2) is 18.2 Å². The fraction of sp³-hybridized carbons (Fsp3) is 0.625. The molecule has 100 valence electrons. The molecule has 1 aromatic rings. The van der Waals surface area contributed by atoms with Gasteiger partial charge in [-0.2, -0.15) is 0 Å². The van der Waals surface area contributed by atoms with Crippen LogP contribution in [0.1, 0.15) is 50.3 Å². The fourth-order valence-corrected chi connectivity index (χ4v) is 2.30. The molecule has 1 saturated carbocycles. The second kappa shape index (κ2) is 6.24. The Balaban J connectivity index is 2.14. The quantitative estimate of drug-likeness (QED) is 0.722. The van der Waals surface area contributed by atoms with E-state index in [2.05, 4.69) is 32.0 Å². The summed E-state index contributed by atoms with van der Waals surface area (Å²) < 4.78 is 11.4. The largest absolute Gasteiger partial charge is 0.493 e. The predicted molar refractivity (Wildman–Crippen MR) is 74.1 cm³/mol. The lowest BCUT2D eigenvalue weighted by atomic mass is 9.98. The van der Waals surface area contributed by atoms with Crippen LogP contribution in [0.4, 0.5) is 0 Å². The van der Waals surface area contributed by atoms with E-state index in [9.17, 15) is 0 Å². The second-order valence-corrected chi connectivity index (χ2v) is 5.10. The van der Waals surface area contributed by atoms with Crippen molar-refractivity contribution in [1.29, 1.82) is 0 Å². The lowest BCUT2D eigenvalue weighted by molar-refractivity contribution is 0.0990. The third-order valence-electron chi connectivity index (χ3n) is 3.68. The van der Waals surface area contributed by atoms with E-state index in [0.717, 1.165) is 31.1 Å². The van der Waals surface area contributed by atoms with Gasteiger partial charge >= 0.3 is 0 Å². The van der Waals surface area contributed by atoms with Crippen LogP contribution in [0, 0.1) is 5.92 Å². The molecule has 2 rings (SSSR count). The zero-order valence-electron chi connectivity index (χ0n) is 11.7. The van der Waals surface area contributed by atoms with Gasteiger partial charge in [-0.1, -0.05) is 19.9 Å². The van der Waals surface area contributed by atoms with E-state index in [4.69, 9.17) is 9.47 Å². The van der Waals surface area contributed by atoms with Crippen LogP contribution in [-0.4, -0.2) is 13.7 Å². The molecule has 0 amide bonds. The molecule has 2 nitrogen and oxygen atoms in total. The van der Waals surface area contributed by atoms with E-state index in [-0.39, 0.29) is 6.10 Å². The summed E-state index contributed by atoms with van der Waals surface area (Å²) in [5.41, 5.74) is 2.65. The van der Waals surface area contributed by atoms with E-state index >= 15 is 0 Å². The number of ether oxygens (including phenoxy) is 2. The number of rotatable bonds is 7. The summed E-state index contributed by atoms with van der Waals surface area (Å²) in [4.78, 5) is 0. The normalized spacial score (nSPS) is 16.6. The van der Waals surface area contributed by atoms with E-state index in [1.165, 1.54) is 24.0 Å². The molecule has 1 aliphatic rings. The van der Waals surface area contributed by atoms with Crippen molar-refractivity contribution in [2.75, 3.05) is 13.7 Å². The van der Waals surface area contributed by atoms with Crippen molar-refractivity contribution in [3.63, 3.8) is 0 Å². The minimum Gasteiger partial charge on any atom is -0.493 e. The monoisotopic (exact) mass is 248 g/mol. The van der Waals surface area contributed by atoms with Crippen molar-refractivity contribution in [2.45, 2.75) is 45.6 Å². The smallest absolute Gasteiger partial charge is 0.119 e. The number of benzene rings is 1. The average Bonchev–Trinajstić information content (AvgIpc) is 3.22. The van der Waals surface area contributed by atoms with E-state index in [0.29, 0.717) is 0 Å². The first-order valence-electron chi connectivity index (χ1n) is 7.06. The minimum absolute atomic E-state index is 0.185. The second-order valence-electron chi connectivity index (χ2n) is 5.10. The third kappa shape index (κ3) is 3.26. The third-order valence-corrected chi connectivity index (χ3v) is 3.68. The van der Waals surface area contributed by atoms with Gasteiger partial charge in [0.15, 0.2) is 0 Å². The van der Waals surface area contributed by atoms with Crippen LogP contribution in [0.2, 0.25) is 0 Å². The van der Waals surface area contributed by atoms with Crippen molar-refractivity contribution < 1.29 is 9.47 Å². The molecule has 2 heteroatoms. The van der Waals surface area contributed by atoms with Crippen LogP contribution < -0.4 is 4.74 Å². The Labute approximate surface area is 110 Å². The van der Waals surface area contributed by atoms with Crippen molar-refractivity contribution in [1.82, 2.24) is 0 Å². The van der Waals surface area contributed by atoms with Gasteiger partial charge in [-0.3, -0.25) is 0 Å². The molecule has 1 atom stereocenters. The number of methoxy groups -OCH3 is 1.